The molecule has 0 bridgehead atoms. The van der Waals surface area contributed by atoms with Crippen molar-refractivity contribution in [1.29, 1.82) is 0 Å². The zero-order valence-corrected chi connectivity index (χ0v) is 13.3. The molecule has 0 saturated heterocycles. The lowest BCUT2D eigenvalue weighted by atomic mass is 10.0. The average Bonchev–Trinajstić information content (AvgIpc) is 2.74. The maximum atomic E-state index is 12.7. The van der Waals surface area contributed by atoms with E-state index in [0.717, 1.165) is 16.5 Å². The first-order valence-corrected chi connectivity index (χ1v) is 7.65. The summed E-state index contributed by atoms with van der Waals surface area (Å²) in [6.07, 6.45) is 0.849. The van der Waals surface area contributed by atoms with E-state index in [-0.39, 0.29) is 5.78 Å². The molecule has 1 aliphatic heterocycles. The molecule has 0 aromatic heterocycles. The Hall–Kier alpha value is -1.81. The van der Waals surface area contributed by atoms with Crippen molar-refractivity contribution in [1.82, 2.24) is 0 Å². The number of hydrogen-bond acceptors (Lipinski definition) is 3. The molecule has 0 atom stereocenters. The minimum Gasteiger partial charge on any atom is -0.490 e. The largest absolute Gasteiger partial charge is 0.490 e. The highest BCUT2D eigenvalue weighted by Crippen LogP contribution is 2.32. The van der Waals surface area contributed by atoms with Gasteiger partial charge in [0.2, 0.25) is 0 Å². The van der Waals surface area contributed by atoms with E-state index < -0.39 is 0 Å². The molecule has 0 amide bonds. The molecule has 2 aromatic rings. The molecule has 0 radical (unpaired) electrons. The lowest BCUT2D eigenvalue weighted by Gasteiger charge is -2.10. The molecule has 4 heteroatoms. The summed E-state index contributed by atoms with van der Waals surface area (Å²) in [5.41, 5.74) is 2.30. The lowest BCUT2D eigenvalue weighted by Crippen LogP contribution is -2.04. The number of benzene rings is 2. The fraction of sp³-hybridized carbons (Fsp3) is 0.235. The smallest absolute Gasteiger partial charge is 0.194 e. The molecule has 0 N–H and O–H groups in total. The van der Waals surface area contributed by atoms with Crippen molar-refractivity contribution in [2.75, 3.05) is 13.2 Å². The summed E-state index contributed by atoms with van der Waals surface area (Å²) in [5.74, 6) is 1.32. The summed E-state index contributed by atoms with van der Waals surface area (Å²) in [6.45, 7) is 3.22. The Labute approximate surface area is 132 Å². The molecule has 0 aliphatic carbocycles. The molecule has 2 aromatic carbocycles. The van der Waals surface area contributed by atoms with Crippen molar-refractivity contribution in [3.63, 3.8) is 0 Å². The number of ether oxygens (including phenoxy) is 2. The predicted octanol–water partition coefficient (Wildman–Crippen LogP) is 4.15. The summed E-state index contributed by atoms with van der Waals surface area (Å²) in [5, 5.41) is 0. The molecule has 0 fully saturated rings. The molecule has 21 heavy (non-hydrogen) atoms. The van der Waals surface area contributed by atoms with Crippen LogP contribution in [0.25, 0.3) is 0 Å². The summed E-state index contributed by atoms with van der Waals surface area (Å²) in [6, 6.07) is 11.0. The van der Waals surface area contributed by atoms with Gasteiger partial charge in [0.15, 0.2) is 17.3 Å². The second kappa shape index (κ2) is 5.90. The van der Waals surface area contributed by atoms with Crippen LogP contribution >= 0.6 is 15.9 Å². The maximum absolute atomic E-state index is 12.7. The third-order valence-corrected chi connectivity index (χ3v) is 4.50. The third-order valence-electron chi connectivity index (χ3n) is 3.45. The van der Waals surface area contributed by atoms with E-state index in [1.807, 2.05) is 25.1 Å². The van der Waals surface area contributed by atoms with Gasteiger partial charge in [-0.25, -0.2) is 0 Å². The zero-order valence-electron chi connectivity index (χ0n) is 11.7. The number of aryl methyl sites for hydroxylation is 1. The van der Waals surface area contributed by atoms with Crippen LogP contribution in [0.15, 0.2) is 40.9 Å². The number of fused-ring (bicyclic) bond motifs is 1. The number of rotatable bonds is 2. The van der Waals surface area contributed by atoms with Crippen molar-refractivity contribution < 1.29 is 14.3 Å². The Morgan fingerprint density at radius 1 is 1.10 bits per heavy atom. The lowest BCUT2D eigenvalue weighted by molar-refractivity contribution is 0.103. The minimum absolute atomic E-state index is 0.0266. The highest BCUT2D eigenvalue weighted by molar-refractivity contribution is 9.10. The van der Waals surface area contributed by atoms with Crippen molar-refractivity contribution in [3.05, 3.63) is 57.6 Å². The molecule has 0 saturated carbocycles. The fourth-order valence-electron chi connectivity index (χ4n) is 2.28. The molecular formula is C17H15BrO3. The quantitative estimate of drug-likeness (QED) is 0.766. The van der Waals surface area contributed by atoms with E-state index in [2.05, 4.69) is 15.9 Å². The molecule has 3 nitrogen and oxygen atoms in total. The Balaban J connectivity index is 1.98. The van der Waals surface area contributed by atoms with Gasteiger partial charge in [-0.1, -0.05) is 12.1 Å². The topological polar surface area (TPSA) is 35.5 Å². The Morgan fingerprint density at radius 3 is 2.67 bits per heavy atom. The summed E-state index contributed by atoms with van der Waals surface area (Å²) in [4.78, 5) is 12.7. The summed E-state index contributed by atoms with van der Waals surface area (Å²) < 4.78 is 12.1. The monoisotopic (exact) mass is 346 g/mol. The highest BCUT2D eigenvalue weighted by Gasteiger charge is 2.17. The van der Waals surface area contributed by atoms with Crippen molar-refractivity contribution in [2.24, 2.45) is 0 Å². The van der Waals surface area contributed by atoms with Crippen LogP contribution in [0.3, 0.4) is 0 Å². The van der Waals surface area contributed by atoms with E-state index in [4.69, 9.17) is 9.47 Å². The number of carbonyl (C=O) groups excluding carboxylic acids is 1. The van der Waals surface area contributed by atoms with Crippen molar-refractivity contribution in [3.8, 4) is 11.5 Å². The summed E-state index contributed by atoms with van der Waals surface area (Å²) in [7, 11) is 0. The summed E-state index contributed by atoms with van der Waals surface area (Å²) >= 11 is 3.49. The van der Waals surface area contributed by atoms with Gasteiger partial charge >= 0.3 is 0 Å². The van der Waals surface area contributed by atoms with Crippen LogP contribution in [0.5, 0.6) is 11.5 Å². The number of hydrogen-bond donors (Lipinski definition) is 0. The van der Waals surface area contributed by atoms with Gasteiger partial charge in [-0.15, -0.1) is 0 Å². The molecule has 108 valence electrons. The Morgan fingerprint density at radius 2 is 1.86 bits per heavy atom. The van der Waals surface area contributed by atoms with E-state index in [0.29, 0.717) is 35.8 Å². The van der Waals surface area contributed by atoms with Crippen LogP contribution in [-0.4, -0.2) is 19.0 Å². The first-order valence-electron chi connectivity index (χ1n) is 6.86. The molecule has 0 unspecified atom stereocenters. The highest BCUT2D eigenvalue weighted by atomic mass is 79.9. The first kappa shape index (κ1) is 14.1. The number of halogens is 1. The molecule has 1 aliphatic rings. The molecule has 1 heterocycles. The minimum atomic E-state index is -0.0266. The second-order valence-corrected chi connectivity index (χ2v) is 5.77. The van der Waals surface area contributed by atoms with Crippen LogP contribution in [0, 0.1) is 6.92 Å². The van der Waals surface area contributed by atoms with Crippen LogP contribution in [0.1, 0.15) is 27.9 Å². The molecule has 0 spiro atoms. The van der Waals surface area contributed by atoms with Crippen LogP contribution in [0.2, 0.25) is 0 Å². The Bertz CT molecular complexity index is 694. The van der Waals surface area contributed by atoms with Gasteiger partial charge in [0.05, 0.1) is 13.2 Å². The standard InChI is InChI=1S/C17H15BrO3/c1-11-4-2-5-13(16(11)18)17(19)12-6-7-14-15(10-12)21-9-3-8-20-14/h2,4-7,10H,3,8-9H2,1H3. The van der Waals surface area contributed by atoms with Gasteiger partial charge in [-0.3, -0.25) is 4.79 Å². The number of ketones is 1. The second-order valence-electron chi connectivity index (χ2n) is 4.98. The molecule has 3 rings (SSSR count). The van der Waals surface area contributed by atoms with Gasteiger partial charge in [-0.05, 0) is 52.7 Å². The molecular weight excluding hydrogens is 332 g/mol. The van der Waals surface area contributed by atoms with Crippen LogP contribution < -0.4 is 9.47 Å². The van der Waals surface area contributed by atoms with Gasteiger partial charge in [0.1, 0.15) is 0 Å². The zero-order chi connectivity index (χ0) is 14.8. The SMILES string of the molecule is Cc1cccc(C(=O)c2ccc3c(c2)OCCCO3)c1Br. The van der Waals surface area contributed by atoms with E-state index in [9.17, 15) is 4.79 Å². The average molecular weight is 347 g/mol. The fourth-order valence-corrected chi connectivity index (χ4v) is 2.73. The number of carbonyl (C=O) groups is 1. The van der Waals surface area contributed by atoms with Crippen molar-refractivity contribution in [2.45, 2.75) is 13.3 Å². The van der Waals surface area contributed by atoms with Crippen LogP contribution in [0.4, 0.5) is 0 Å². The normalized spacial score (nSPS) is 13.6. The van der Waals surface area contributed by atoms with E-state index in [1.165, 1.54) is 0 Å². The Kier molecular flexibility index (Phi) is 3.97. The van der Waals surface area contributed by atoms with Gasteiger partial charge in [0.25, 0.3) is 0 Å². The van der Waals surface area contributed by atoms with Crippen molar-refractivity contribution >= 4 is 21.7 Å². The van der Waals surface area contributed by atoms with E-state index >= 15 is 0 Å². The van der Waals surface area contributed by atoms with Gasteiger partial charge in [0, 0.05) is 22.0 Å². The van der Waals surface area contributed by atoms with Crippen LogP contribution in [-0.2, 0) is 0 Å². The predicted molar refractivity (Wildman–Crippen MR) is 84.4 cm³/mol. The third kappa shape index (κ3) is 2.81. The van der Waals surface area contributed by atoms with Gasteiger partial charge in [-0.2, -0.15) is 0 Å². The maximum Gasteiger partial charge on any atom is 0.194 e. The first-order chi connectivity index (χ1) is 10.2. The van der Waals surface area contributed by atoms with E-state index in [1.54, 1.807) is 18.2 Å². The van der Waals surface area contributed by atoms with Gasteiger partial charge < -0.3 is 9.47 Å².